The molecule has 1 saturated heterocycles. The second-order valence-electron chi connectivity index (χ2n) is 6.46. The molecular weight excluding hydrogens is 391 g/mol. The van der Waals surface area contributed by atoms with E-state index < -0.39 is 16.7 Å². The van der Waals surface area contributed by atoms with Gasteiger partial charge in [-0.15, -0.1) is 0 Å². The van der Waals surface area contributed by atoms with Gasteiger partial charge >= 0.3 is 6.18 Å². The zero-order valence-corrected chi connectivity index (χ0v) is 15.3. The van der Waals surface area contributed by atoms with Crippen molar-refractivity contribution >= 4 is 17.3 Å². The Morgan fingerprint density at radius 2 is 1.76 bits per heavy atom. The van der Waals surface area contributed by atoms with Gasteiger partial charge in [0, 0.05) is 44.0 Å². The molecule has 0 saturated carbocycles. The Morgan fingerprint density at radius 1 is 1.07 bits per heavy atom. The first-order valence-corrected chi connectivity index (χ1v) is 8.81. The highest BCUT2D eigenvalue weighted by atomic mass is 19.4. The molecule has 0 atom stereocenters. The van der Waals surface area contributed by atoms with Gasteiger partial charge in [-0.05, 0) is 24.3 Å². The largest absolute Gasteiger partial charge is 0.484 e. The Kier molecular flexibility index (Phi) is 5.90. The molecule has 154 valence electrons. The Bertz CT molecular complexity index is 896. The molecule has 0 unspecified atom stereocenters. The summed E-state index contributed by atoms with van der Waals surface area (Å²) >= 11 is 0. The highest BCUT2D eigenvalue weighted by Crippen LogP contribution is 2.31. The number of halogens is 3. The lowest BCUT2D eigenvalue weighted by Crippen LogP contribution is -2.50. The lowest BCUT2D eigenvalue weighted by Gasteiger charge is -2.36. The first kappa shape index (κ1) is 20.4. The van der Waals surface area contributed by atoms with E-state index in [4.69, 9.17) is 4.74 Å². The van der Waals surface area contributed by atoms with Crippen molar-refractivity contribution in [2.75, 3.05) is 37.7 Å². The third-order valence-corrected chi connectivity index (χ3v) is 4.56. The topological polar surface area (TPSA) is 75.9 Å². The molecule has 7 nitrogen and oxygen atoms in total. The summed E-state index contributed by atoms with van der Waals surface area (Å²) in [6.45, 7) is 1.37. The van der Waals surface area contributed by atoms with Crippen molar-refractivity contribution in [2.24, 2.45) is 0 Å². The molecule has 3 rings (SSSR count). The first-order valence-electron chi connectivity index (χ1n) is 8.81. The second-order valence-corrected chi connectivity index (χ2v) is 6.46. The van der Waals surface area contributed by atoms with Crippen molar-refractivity contribution in [2.45, 2.75) is 6.18 Å². The summed E-state index contributed by atoms with van der Waals surface area (Å²) in [6.07, 6.45) is -4.48. The molecular formula is C19H18F3N3O4. The maximum Gasteiger partial charge on any atom is 0.416 e. The lowest BCUT2D eigenvalue weighted by molar-refractivity contribution is -0.384. The maximum atomic E-state index is 12.7. The van der Waals surface area contributed by atoms with Crippen LogP contribution in [0.3, 0.4) is 0 Å². The van der Waals surface area contributed by atoms with Gasteiger partial charge in [-0.3, -0.25) is 14.9 Å². The molecule has 0 aromatic heterocycles. The minimum Gasteiger partial charge on any atom is -0.484 e. The number of ether oxygens (including phenoxy) is 1. The number of rotatable bonds is 5. The number of nitro benzene ring substituents is 1. The molecule has 0 bridgehead atoms. The van der Waals surface area contributed by atoms with Crippen LogP contribution in [-0.2, 0) is 11.0 Å². The van der Waals surface area contributed by atoms with Gasteiger partial charge in [-0.1, -0.05) is 12.1 Å². The van der Waals surface area contributed by atoms with Crippen LogP contribution in [-0.4, -0.2) is 48.5 Å². The van der Waals surface area contributed by atoms with Crippen molar-refractivity contribution in [3.05, 3.63) is 64.2 Å². The fourth-order valence-electron chi connectivity index (χ4n) is 3.02. The number of anilines is 1. The number of hydrogen-bond acceptors (Lipinski definition) is 5. The van der Waals surface area contributed by atoms with Gasteiger partial charge in [-0.2, -0.15) is 13.2 Å². The van der Waals surface area contributed by atoms with Crippen molar-refractivity contribution in [1.29, 1.82) is 0 Å². The molecule has 0 radical (unpaired) electrons. The number of alkyl halides is 3. The molecule has 1 aliphatic rings. The van der Waals surface area contributed by atoms with Crippen LogP contribution < -0.4 is 9.64 Å². The summed E-state index contributed by atoms with van der Waals surface area (Å²) in [7, 11) is 0. The number of hydrogen-bond donors (Lipinski definition) is 0. The number of amides is 1. The summed E-state index contributed by atoms with van der Waals surface area (Å²) in [4.78, 5) is 26.2. The average molecular weight is 409 g/mol. The lowest BCUT2D eigenvalue weighted by atomic mass is 10.2. The number of nitrogens with zero attached hydrogens (tertiary/aromatic N) is 3. The fourth-order valence-corrected chi connectivity index (χ4v) is 3.02. The van der Waals surface area contributed by atoms with E-state index in [1.807, 2.05) is 4.90 Å². The van der Waals surface area contributed by atoms with E-state index in [0.717, 1.165) is 12.1 Å². The fraction of sp³-hybridized carbons (Fsp3) is 0.316. The van der Waals surface area contributed by atoms with Gasteiger partial charge in [0.1, 0.15) is 5.75 Å². The van der Waals surface area contributed by atoms with Gasteiger partial charge in [0.15, 0.2) is 6.61 Å². The molecule has 10 heteroatoms. The third kappa shape index (κ3) is 5.15. The molecule has 1 aliphatic heterocycles. The maximum absolute atomic E-state index is 12.7. The van der Waals surface area contributed by atoms with Crippen LogP contribution in [0, 0.1) is 10.1 Å². The summed E-state index contributed by atoms with van der Waals surface area (Å²) in [5.41, 5.74) is -0.143. The number of benzene rings is 2. The minimum atomic E-state index is -4.48. The Morgan fingerprint density at radius 3 is 2.41 bits per heavy atom. The predicted octanol–water partition coefficient (Wildman–Crippen LogP) is 3.34. The minimum absolute atomic E-state index is 0.00417. The smallest absolute Gasteiger partial charge is 0.416 e. The van der Waals surface area contributed by atoms with E-state index in [0.29, 0.717) is 31.9 Å². The van der Waals surface area contributed by atoms with Crippen LogP contribution in [0.2, 0.25) is 0 Å². The number of carbonyl (C=O) groups is 1. The zero-order valence-electron chi connectivity index (χ0n) is 15.3. The Balaban J connectivity index is 1.53. The van der Waals surface area contributed by atoms with E-state index in [-0.39, 0.29) is 24.0 Å². The third-order valence-electron chi connectivity index (χ3n) is 4.56. The van der Waals surface area contributed by atoms with E-state index in [1.54, 1.807) is 17.0 Å². The summed E-state index contributed by atoms with van der Waals surface area (Å²) in [6, 6.07) is 10.6. The van der Waals surface area contributed by atoms with Crippen LogP contribution in [0.4, 0.5) is 24.5 Å². The SMILES string of the molecule is O=C(COc1cccc(C(F)(F)F)c1)N1CCN(c2cccc([N+](=O)[O-])c2)CC1. The van der Waals surface area contributed by atoms with Gasteiger partial charge in [0.2, 0.25) is 0 Å². The summed E-state index contributed by atoms with van der Waals surface area (Å²) in [5, 5.41) is 10.9. The zero-order chi connectivity index (χ0) is 21.0. The van der Waals surface area contributed by atoms with E-state index in [1.165, 1.54) is 24.3 Å². The van der Waals surface area contributed by atoms with Gasteiger partial charge in [-0.25, -0.2) is 0 Å². The number of carbonyl (C=O) groups excluding carboxylic acids is 1. The van der Waals surface area contributed by atoms with Gasteiger partial charge < -0.3 is 14.5 Å². The standard InChI is InChI=1S/C19H18F3N3O4/c20-19(21,22)14-3-1-6-17(11-14)29-13-18(26)24-9-7-23(8-10-24)15-4-2-5-16(12-15)25(27)28/h1-6,11-12H,7-10,13H2. The van der Waals surface area contributed by atoms with Crippen LogP contribution in [0.5, 0.6) is 5.75 Å². The molecule has 1 amide bonds. The molecule has 0 spiro atoms. The first-order chi connectivity index (χ1) is 13.7. The molecule has 1 fully saturated rings. The quantitative estimate of drug-likeness (QED) is 0.559. The molecule has 2 aromatic rings. The van der Waals surface area contributed by atoms with Crippen molar-refractivity contribution in [1.82, 2.24) is 4.90 Å². The van der Waals surface area contributed by atoms with E-state index >= 15 is 0 Å². The summed E-state index contributed by atoms with van der Waals surface area (Å²) < 4.78 is 43.4. The predicted molar refractivity (Wildman–Crippen MR) is 98.8 cm³/mol. The van der Waals surface area contributed by atoms with Crippen LogP contribution in [0.15, 0.2) is 48.5 Å². The van der Waals surface area contributed by atoms with Gasteiger partial charge in [0.05, 0.1) is 10.5 Å². The summed E-state index contributed by atoms with van der Waals surface area (Å²) in [5.74, 6) is -0.357. The van der Waals surface area contributed by atoms with E-state index in [9.17, 15) is 28.1 Å². The molecule has 0 N–H and O–H groups in total. The molecule has 29 heavy (non-hydrogen) atoms. The van der Waals surface area contributed by atoms with Gasteiger partial charge in [0.25, 0.3) is 11.6 Å². The van der Waals surface area contributed by atoms with E-state index in [2.05, 4.69) is 0 Å². The van der Waals surface area contributed by atoms with Crippen molar-refractivity contribution in [3.8, 4) is 5.75 Å². The number of piperazine rings is 1. The van der Waals surface area contributed by atoms with Crippen LogP contribution in [0.25, 0.3) is 0 Å². The van der Waals surface area contributed by atoms with Crippen LogP contribution >= 0.6 is 0 Å². The highest BCUT2D eigenvalue weighted by Gasteiger charge is 2.30. The highest BCUT2D eigenvalue weighted by molar-refractivity contribution is 5.78. The molecule has 1 heterocycles. The normalized spacial score (nSPS) is 14.6. The average Bonchev–Trinajstić information content (AvgIpc) is 2.72. The number of nitro groups is 1. The number of non-ortho nitro benzene ring substituents is 1. The Labute approximate surface area is 164 Å². The van der Waals surface area contributed by atoms with Crippen LogP contribution in [0.1, 0.15) is 5.56 Å². The molecule has 2 aromatic carbocycles. The monoisotopic (exact) mass is 409 g/mol. The van der Waals surface area contributed by atoms with Crippen molar-refractivity contribution < 1.29 is 27.6 Å². The second kappa shape index (κ2) is 8.38. The molecule has 0 aliphatic carbocycles. The Hall–Kier alpha value is -3.30. The van der Waals surface area contributed by atoms with Crippen molar-refractivity contribution in [3.63, 3.8) is 0 Å².